The molecule has 0 aromatic carbocycles. The molecule has 6 heteroatoms. The second kappa shape index (κ2) is 4.13. The maximum atomic E-state index is 11.4. The van der Waals surface area contributed by atoms with E-state index in [1.165, 1.54) is 19.0 Å². The van der Waals surface area contributed by atoms with Gasteiger partial charge in [-0.15, -0.1) is 11.3 Å². The highest BCUT2D eigenvalue weighted by molar-refractivity contribution is 7.23. The number of hydrogen-bond acceptors (Lipinski definition) is 5. The molecule has 5 nitrogen and oxygen atoms in total. The molecular formula is C12H14N4OS. The van der Waals surface area contributed by atoms with Gasteiger partial charge in [0.1, 0.15) is 5.82 Å². The van der Waals surface area contributed by atoms with E-state index in [0.717, 1.165) is 28.2 Å². The van der Waals surface area contributed by atoms with Gasteiger partial charge in [-0.3, -0.25) is 4.79 Å². The van der Waals surface area contributed by atoms with Crippen molar-refractivity contribution in [3.05, 3.63) is 17.8 Å². The van der Waals surface area contributed by atoms with Gasteiger partial charge in [0.15, 0.2) is 0 Å². The van der Waals surface area contributed by atoms with Crippen LogP contribution in [0.1, 0.15) is 23.2 Å². The van der Waals surface area contributed by atoms with Crippen molar-refractivity contribution >= 4 is 38.1 Å². The summed E-state index contributed by atoms with van der Waals surface area (Å²) in [6, 6.07) is 2.01. The number of thiophene rings is 1. The van der Waals surface area contributed by atoms with Crippen LogP contribution in [0, 0.1) is 0 Å². The Morgan fingerprint density at radius 1 is 1.39 bits per heavy atom. The van der Waals surface area contributed by atoms with Crippen molar-refractivity contribution in [1.29, 1.82) is 0 Å². The van der Waals surface area contributed by atoms with Gasteiger partial charge in [0.05, 0.1) is 15.3 Å². The summed E-state index contributed by atoms with van der Waals surface area (Å²) < 4.78 is 0.844. The van der Waals surface area contributed by atoms with Gasteiger partial charge >= 0.3 is 0 Å². The predicted octanol–water partition coefficient (Wildman–Crippen LogP) is 1.58. The van der Waals surface area contributed by atoms with Crippen LogP contribution in [0.5, 0.6) is 0 Å². The van der Waals surface area contributed by atoms with Gasteiger partial charge in [-0.05, 0) is 18.9 Å². The molecule has 1 aliphatic rings. The molecule has 0 radical (unpaired) electrons. The number of fused-ring (bicyclic) bond motifs is 1. The van der Waals surface area contributed by atoms with E-state index < -0.39 is 5.91 Å². The number of nitrogens with zero attached hydrogens (tertiary/aromatic N) is 2. The number of anilines is 2. The lowest BCUT2D eigenvalue weighted by molar-refractivity contribution is 0.100. The Morgan fingerprint density at radius 3 is 2.78 bits per heavy atom. The summed E-state index contributed by atoms with van der Waals surface area (Å²) >= 11 is 1.57. The molecule has 0 atom stereocenters. The van der Waals surface area contributed by atoms with Crippen LogP contribution >= 0.6 is 11.3 Å². The lowest BCUT2D eigenvalue weighted by Crippen LogP contribution is -2.15. The van der Waals surface area contributed by atoms with E-state index >= 15 is 0 Å². The fraction of sp³-hybridized carbons (Fsp3) is 0.333. The van der Waals surface area contributed by atoms with E-state index in [-0.39, 0.29) is 0 Å². The van der Waals surface area contributed by atoms with Crippen molar-refractivity contribution in [2.45, 2.75) is 12.8 Å². The van der Waals surface area contributed by atoms with Crippen LogP contribution in [-0.2, 0) is 0 Å². The van der Waals surface area contributed by atoms with E-state index in [0.29, 0.717) is 11.4 Å². The van der Waals surface area contributed by atoms with Crippen LogP contribution in [0.25, 0.3) is 10.1 Å². The first kappa shape index (κ1) is 11.3. The molecule has 0 unspecified atom stereocenters. The number of hydrogen-bond donors (Lipinski definition) is 2. The van der Waals surface area contributed by atoms with E-state index in [1.807, 2.05) is 6.07 Å². The zero-order valence-electron chi connectivity index (χ0n) is 9.85. The highest BCUT2D eigenvalue weighted by atomic mass is 32.1. The summed E-state index contributed by atoms with van der Waals surface area (Å²) in [6.07, 6.45) is 3.89. The summed E-state index contributed by atoms with van der Waals surface area (Å²) in [4.78, 5) is 17.7. The molecule has 0 aliphatic carbocycles. The molecule has 0 spiro atoms. The van der Waals surface area contributed by atoms with Crippen molar-refractivity contribution < 1.29 is 4.79 Å². The average Bonchev–Trinajstić information content (AvgIpc) is 2.97. The predicted molar refractivity (Wildman–Crippen MR) is 74.0 cm³/mol. The smallest absolute Gasteiger partial charge is 0.251 e. The van der Waals surface area contributed by atoms with Crippen molar-refractivity contribution in [2.75, 3.05) is 23.7 Å². The lowest BCUT2D eigenvalue weighted by atomic mass is 10.2. The topological polar surface area (TPSA) is 85.2 Å². The fourth-order valence-corrected chi connectivity index (χ4v) is 3.53. The molecular weight excluding hydrogens is 248 g/mol. The quantitative estimate of drug-likeness (QED) is 0.860. The fourth-order valence-electron chi connectivity index (χ4n) is 2.30. The van der Waals surface area contributed by atoms with Gasteiger partial charge in [-0.1, -0.05) is 0 Å². The molecule has 4 N–H and O–H groups in total. The minimum Gasteiger partial charge on any atom is -0.383 e. The largest absolute Gasteiger partial charge is 0.383 e. The second-order valence-electron chi connectivity index (χ2n) is 4.44. The van der Waals surface area contributed by atoms with Crippen LogP contribution in [0.2, 0.25) is 0 Å². The summed E-state index contributed by atoms with van der Waals surface area (Å²) in [6.45, 7) is 2.12. The molecule has 1 aliphatic heterocycles. The highest BCUT2D eigenvalue weighted by Gasteiger charge is 2.18. The molecule has 94 valence electrons. The van der Waals surface area contributed by atoms with E-state index in [9.17, 15) is 4.79 Å². The van der Waals surface area contributed by atoms with Gasteiger partial charge in [-0.25, -0.2) is 4.98 Å². The Bertz CT molecular complexity index is 616. The average molecular weight is 262 g/mol. The third kappa shape index (κ3) is 1.69. The Balaban J connectivity index is 2.17. The first-order valence-electron chi connectivity index (χ1n) is 5.89. The van der Waals surface area contributed by atoms with Gasteiger partial charge < -0.3 is 16.4 Å². The number of aromatic nitrogens is 1. The third-order valence-electron chi connectivity index (χ3n) is 3.26. The number of pyridine rings is 1. The van der Waals surface area contributed by atoms with E-state index in [2.05, 4.69) is 9.88 Å². The molecule has 18 heavy (non-hydrogen) atoms. The summed E-state index contributed by atoms with van der Waals surface area (Å²) in [7, 11) is 0. The monoisotopic (exact) mass is 262 g/mol. The van der Waals surface area contributed by atoms with Gasteiger partial charge in [0.2, 0.25) is 0 Å². The van der Waals surface area contributed by atoms with Crippen molar-refractivity contribution in [3.63, 3.8) is 0 Å². The number of carbonyl (C=O) groups excluding carboxylic acids is 1. The lowest BCUT2D eigenvalue weighted by Gasteiger charge is -2.13. The molecule has 3 rings (SSSR count). The van der Waals surface area contributed by atoms with E-state index in [1.54, 1.807) is 11.3 Å². The molecule has 3 heterocycles. The molecule has 2 aromatic rings. The van der Waals surface area contributed by atoms with Gasteiger partial charge in [0, 0.05) is 24.7 Å². The normalized spacial score (nSPS) is 15.4. The number of primary amides is 1. The SMILES string of the molecule is NC(=O)c1cnc(N)c2cc(N3CCCC3)sc12. The second-order valence-corrected chi connectivity index (χ2v) is 5.47. The van der Waals surface area contributed by atoms with Crippen molar-refractivity contribution in [1.82, 2.24) is 4.98 Å². The van der Waals surface area contributed by atoms with Gasteiger partial charge in [0.25, 0.3) is 5.91 Å². The number of rotatable bonds is 2. The minimum atomic E-state index is -0.456. The van der Waals surface area contributed by atoms with Crippen LogP contribution in [0.4, 0.5) is 10.8 Å². The Kier molecular flexibility index (Phi) is 2.59. The Hall–Kier alpha value is -1.82. The highest BCUT2D eigenvalue weighted by Crippen LogP contribution is 2.37. The van der Waals surface area contributed by atoms with Crippen LogP contribution in [0.3, 0.4) is 0 Å². The first-order chi connectivity index (χ1) is 8.66. The van der Waals surface area contributed by atoms with Crippen LogP contribution in [-0.4, -0.2) is 24.0 Å². The maximum absolute atomic E-state index is 11.4. The third-order valence-corrected chi connectivity index (χ3v) is 4.48. The molecule has 2 aromatic heterocycles. The summed E-state index contributed by atoms with van der Waals surface area (Å²) in [5, 5.41) is 1.97. The maximum Gasteiger partial charge on any atom is 0.251 e. The zero-order valence-corrected chi connectivity index (χ0v) is 10.7. The number of amides is 1. The molecule has 1 amide bonds. The number of nitrogen functional groups attached to an aromatic ring is 1. The number of nitrogens with two attached hydrogens (primary N) is 2. The minimum absolute atomic E-state index is 0.453. The van der Waals surface area contributed by atoms with Gasteiger partial charge in [-0.2, -0.15) is 0 Å². The Morgan fingerprint density at radius 2 is 2.11 bits per heavy atom. The zero-order chi connectivity index (χ0) is 12.7. The molecule has 0 saturated carbocycles. The standard InChI is InChI=1S/C12H14N4OS/c13-11-7-5-9(16-3-1-2-4-16)18-10(7)8(6-15-11)12(14)17/h5-6H,1-4H2,(H2,13,15)(H2,14,17). The van der Waals surface area contributed by atoms with Crippen LogP contribution < -0.4 is 16.4 Å². The Labute approximate surface area is 108 Å². The summed E-state index contributed by atoms with van der Waals surface area (Å²) in [5.41, 5.74) is 11.7. The molecule has 1 saturated heterocycles. The molecule has 0 bridgehead atoms. The van der Waals surface area contributed by atoms with Crippen molar-refractivity contribution in [3.8, 4) is 0 Å². The van der Waals surface area contributed by atoms with Crippen molar-refractivity contribution in [2.24, 2.45) is 5.73 Å². The first-order valence-corrected chi connectivity index (χ1v) is 6.71. The number of carbonyl (C=O) groups is 1. The van der Waals surface area contributed by atoms with Crippen LogP contribution in [0.15, 0.2) is 12.3 Å². The van der Waals surface area contributed by atoms with E-state index in [4.69, 9.17) is 11.5 Å². The molecule has 1 fully saturated rings. The summed E-state index contributed by atoms with van der Waals surface area (Å²) in [5.74, 6) is -0.000908.